The minimum absolute atomic E-state index is 0.186. The zero-order chi connectivity index (χ0) is 55.8. The van der Waals surface area contributed by atoms with E-state index in [4.69, 9.17) is 9.47 Å². The topological polar surface area (TPSA) is 149 Å². The van der Waals surface area contributed by atoms with Gasteiger partial charge in [-0.15, -0.1) is 0 Å². The fourth-order valence-electron chi connectivity index (χ4n) is 9.65. The van der Waals surface area contributed by atoms with E-state index in [9.17, 15) is 30.3 Å². The summed E-state index contributed by atoms with van der Waals surface area (Å²) < 4.78 is 11.3. The van der Waals surface area contributed by atoms with Gasteiger partial charge in [0, 0.05) is 6.42 Å². The highest BCUT2D eigenvalue weighted by Crippen LogP contribution is 2.23. The molecule has 0 radical (unpaired) electrons. The van der Waals surface area contributed by atoms with E-state index >= 15 is 0 Å². The molecule has 9 nitrogen and oxygen atoms in total. The number of ether oxygens (including phenoxy) is 2. The maximum atomic E-state index is 13.1. The van der Waals surface area contributed by atoms with Gasteiger partial charge < -0.3 is 40.3 Å². The van der Waals surface area contributed by atoms with Crippen LogP contribution in [0.3, 0.4) is 0 Å². The van der Waals surface area contributed by atoms with E-state index in [1.165, 1.54) is 173 Å². The summed E-state index contributed by atoms with van der Waals surface area (Å²) in [6.45, 7) is 3.65. The van der Waals surface area contributed by atoms with Gasteiger partial charge in [-0.2, -0.15) is 0 Å². The number of hydrogen-bond acceptors (Lipinski definition) is 8. The summed E-state index contributed by atoms with van der Waals surface area (Å²) in [5, 5.41) is 54.5. The van der Waals surface area contributed by atoms with Gasteiger partial charge in [-0.25, -0.2) is 0 Å². The zero-order valence-corrected chi connectivity index (χ0v) is 49.4. The highest BCUT2D eigenvalue weighted by molar-refractivity contribution is 5.76. The lowest BCUT2D eigenvalue weighted by atomic mass is 9.99. The van der Waals surface area contributed by atoms with Crippen LogP contribution >= 0.6 is 0 Å². The molecule has 1 saturated heterocycles. The van der Waals surface area contributed by atoms with Crippen molar-refractivity contribution in [1.82, 2.24) is 5.32 Å². The van der Waals surface area contributed by atoms with E-state index in [0.29, 0.717) is 6.42 Å². The van der Waals surface area contributed by atoms with Crippen LogP contribution in [0.25, 0.3) is 0 Å². The molecule has 6 N–H and O–H groups in total. The van der Waals surface area contributed by atoms with Crippen molar-refractivity contribution >= 4 is 5.91 Å². The van der Waals surface area contributed by atoms with Gasteiger partial charge in [0.1, 0.15) is 24.4 Å². The number of unbranched alkanes of at least 4 members (excludes halogenated alkanes) is 30. The molecule has 1 aliphatic heterocycles. The lowest BCUT2D eigenvalue weighted by molar-refractivity contribution is -0.302. The van der Waals surface area contributed by atoms with Crippen LogP contribution in [0.5, 0.6) is 0 Å². The summed E-state index contributed by atoms with van der Waals surface area (Å²) in [4.78, 5) is 13.1. The lowest BCUT2D eigenvalue weighted by Gasteiger charge is -2.40. The molecule has 0 aromatic heterocycles. The highest BCUT2D eigenvalue weighted by Gasteiger charge is 2.44. The Kier molecular flexibility index (Phi) is 52.8. The Morgan fingerprint density at radius 1 is 0.455 bits per heavy atom. The molecule has 7 atom stereocenters. The van der Waals surface area contributed by atoms with Crippen molar-refractivity contribution in [2.45, 2.75) is 314 Å². The molecule has 1 amide bonds. The lowest BCUT2D eigenvalue weighted by Crippen LogP contribution is -2.60. The van der Waals surface area contributed by atoms with E-state index in [1.54, 1.807) is 6.08 Å². The van der Waals surface area contributed by atoms with Gasteiger partial charge in [0.05, 0.1) is 25.4 Å². The maximum absolute atomic E-state index is 13.1. The SMILES string of the molecule is CC/C=C\C/C=C\C/C=C\C/C=C\C/C=C\C/C=C\CCCCCCCCCCCCCCCCCCCCCCC(=O)NC(COC1OC(CO)C(O)C(O)C1O)C(O)/C=C/CC/C=C/CCCCCCCCCCC. The Bertz CT molecular complexity index is 1530. The molecule has 0 aliphatic carbocycles. The molecule has 0 saturated carbocycles. The first-order valence-corrected chi connectivity index (χ1v) is 32.0. The third-order valence-electron chi connectivity index (χ3n) is 14.6. The Labute approximate surface area is 473 Å². The number of nitrogens with one attached hydrogen (secondary N) is 1. The molecular formula is C68H119NO8. The molecule has 7 unspecified atom stereocenters. The number of allylic oxidation sites excluding steroid dienone is 15. The number of amides is 1. The number of aliphatic hydroxyl groups excluding tert-OH is 5. The normalized spacial score (nSPS) is 19.4. The summed E-state index contributed by atoms with van der Waals surface area (Å²) in [7, 11) is 0. The molecule has 0 spiro atoms. The predicted molar refractivity (Wildman–Crippen MR) is 327 cm³/mol. The van der Waals surface area contributed by atoms with Crippen LogP contribution in [0.15, 0.2) is 97.2 Å². The summed E-state index contributed by atoms with van der Waals surface area (Å²) >= 11 is 0. The first kappa shape index (κ1) is 72.1. The van der Waals surface area contributed by atoms with Crippen molar-refractivity contribution < 1.29 is 39.8 Å². The van der Waals surface area contributed by atoms with Crippen molar-refractivity contribution in [3.05, 3.63) is 97.2 Å². The van der Waals surface area contributed by atoms with Gasteiger partial charge in [0.2, 0.25) is 5.91 Å². The minimum atomic E-state index is -1.57. The molecule has 1 rings (SSSR count). The second kappa shape index (κ2) is 56.4. The van der Waals surface area contributed by atoms with Crippen LogP contribution in [0.2, 0.25) is 0 Å². The average Bonchev–Trinajstić information content (AvgIpc) is 3.43. The van der Waals surface area contributed by atoms with Gasteiger partial charge >= 0.3 is 0 Å². The van der Waals surface area contributed by atoms with Crippen LogP contribution < -0.4 is 5.32 Å². The monoisotopic (exact) mass is 1080 g/mol. The average molecular weight is 1080 g/mol. The Hall–Kier alpha value is -2.89. The summed E-state index contributed by atoms with van der Waals surface area (Å²) in [6, 6.07) is -0.824. The summed E-state index contributed by atoms with van der Waals surface area (Å²) in [5.41, 5.74) is 0. The van der Waals surface area contributed by atoms with Crippen molar-refractivity contribution in [2.75, 3.05) is 13.2 Å². The number of aliphatic hydroxyl groups is 5. The molecule has 77 heavy (non-hydrogen) atoms. The zero-order valence-electron chi connectivity index (χ0n) is 49.4. The standard InChI is InChI=1S/C68H119NO8/c1-3-5-7-9-11-13-15-17-19-20-21-22-23-24-25-26-27-28-29-30-31-32-33-34-35-36-37-38-39-40-41-42-44-46-48-50-52-54-56-58-64(72)69-61(60-76-68-67(75)66(74)65(73)63(59-70)77-68)62(71)57-55-53-51-49-47-45-43-18-16-14-12-10-8-6-4-2/h5,7,11,13,17,19,21-22,24-25,27-28,47,49,55,57,61-63,65-68,70-71,73-75H,3-4,6,8-10,12,14-16,18,20,23,26,29-46,48,50-54,56,58-60H2,1-2H3,(H,69,72)/b7-5-,13-11-,19-17-,22-21-,25-24-,28-27-,49-47+,57-55+. The van der Waals surface area contributed by atoms with Crippen molar-refractivity contribution in [3.8, 4) is 0 Å². The highest BCUT2D eigenvalue weighted by atomic mass is 16.7. The van der Waals surface area contributed by atoms with Crippen molar-refractivity contribution in [3.63, 3.8) is 0 Å². The quantitative estimate of drug-likeness (QED) is 0.0261. The molecule has 1 aliphatic rings. The first-order valence-electron chi connectivity index (χ1n) is 32.0. The van der Waals surface area contributed by atoms with E-state index in [2.05, 4.69) is 104 Å². The van der Waals surface area contributed by atoms with Crippen LogP contribution in [-0.2, 0) is 14.3 Å². The predicted octanol–water partition coefficient (Wildman–Crippen LogP) is 16.7. The second-order valence-electron chi connectivity index (χ2n) is 21.8. The summed E-state index contributed by atoms with van der Waals surface area (Å²) in [5.74, 6) is -0.186. The van der Waals surface area contributed by atoms with Crippen molar-refractivity contribution in [2.24, 2.45) is 0 Å². The maximum Gasteiger partial charge on any atom is 0.220 e. The van der Waals surface area contributed by atoms with Crippen LogP contribution in [-0.4, -0.2) is 87.5 Å². The molecule has 0 aromatic rings. The Morgan fingerprint density at radius 3 is 1.25 bits per heavy atom. The van der Waals surface area contributed by atoms with Crippen LogP contribution in [0, 0.1) is 0 Å². The fraction of sp³-hybridized carbons (Fsp3) is 0.750. The third-order valence-corrected chi connectivity index (χ3v) is 14.6. The van der Waals surface area contributed by atoms with Gasteiger partial charge in [0.15, 0.2) is 6.29 Å². The Balaban J connectivity index is 2.09. The fourth-order valence-corrected chi connectivity index (χ4v) is 9.65. The number of hydrogen-bond donors (Lipinski definition) is 6. The van der Waals surface area contributed by atoms with E-state index in [-0.39, 0.29) is 12.5 Å². The first-order chi connectivity index (χ1) is 37.8. The summed E-state index contributed by atoms with van der Waals surface area (Å²) in [6.07, 6.45) is 75.0. The number of carbonyl (C=O) groups is 1. The number of rotatable bonds is 54. The minimum Gasteiger partial charge on any atom is -0.394 e. The largest absolute Gasteiger partial charge is 0.394 e. The van der Waals surface area contributed by atoms with Gasteiger partial charge in [-0.3, -0.25) is 4.79 Å². The van der Waals surface area contributed by atoms with E-state index in [0.717, 1.165) is 77.0 Å². The molecule has 1 fully saturated rings. The van der Waals surface area contributed by atoms with Gasteiger partial charge in [0.25, 0.3) is 0 Å². The van der Waals surface area contributed by atoms with E-state index in [1.807, 2.05) is 6.08 Å². The number of carbonyl (C=O) groups excluding carboxylic acids is 1. The molecule has 444 valence electrons. The molecular weight excluding hydrogens is 959 g/mol. The smallest absolute Gasteiger partial charge is 0.220 e. The molecule has 0 aromatic carbocycles. The van der Waals surface area contributed by atoms with Gasteiger partial charge in [-0.05, 0) is 83.5 Å². The molecule has 0 bridgehead atoms. The third kappa shape index (κ3) is 45.5. The van der Waals surface area contributed by atoms with E-state index < -0.39 is 49.5 Å². The van der Waals surface area contributed by atoms with Crippen LogP contribution in [0.1, 0.15) is 271 Å². The molecule has 1 heterocycles. The Morgan fingerprint density at radius 2 is 0.818 bits per heavy atom. The van der Waals surface area contributed by atoms with Crippen LogP contribution in [0.4, 0.5) is 0 Å². The molecule has 9 heteroatoms. The van der Waals surface area contributed by atoms with Gasteiger partial charge in [-0.1, -0.05) is 278 Å². The van der Waals surface area contributed by atoms with Crippen molar-refractivity contribution in [1.29, 1.82) is 0 Å². The second-order valence-corrected chi connectivity index (χ2v) is 21.8.